The predicted octanol–water partition coefficient (Wildman–Crippen LogP) is 6.81. The molecule has 5 heterocycles. The number of fused-ring (bicyclic) bond motifs is 3. The Morgan fingerprint density at radius 2 is 2.00 bits per heavy atom. The van der Waals surface area contributed by atoms with Gasteiger partial charge < -0.3 is 20.3 Å². The number of carbonyl (C=O) groups excluding carboxylic acids is 1. The molecule has 0 bridgehead atoms. The quantitative estimate of drug-likeness (QED) is 0.197. The Labute approximate surface area is 292 Å². The van der Waals surface area contributed by atoms with E-state index in [0.717, 1.165) is 37.5 Å². The summed E-state index contributed by atoms with van der Waals surface area (Å²) in [4.78, 5) is 27.4. The van der Waals surface area contributed by atoms with Crippen LogP contribution in [0.4, 0.5) is 37.2 Å². The second kappa shape index (κ2) is 12.1. The third-order valence-corrected chi connectivity index (χ3v) is 11.8. The summed E-state index contributed by atoms with van der Waals surface area (Å²) in [5.41, 5.74) is 1.90. The van der Waals surface area contributed by atoms with Crippen LogP contribution in [-0.2, 0) is 11.0 Å². The van der Waals surface area contributed by atoms with Crippen molar-refractivity contribution in [2.45, 2.75) is 75.4 Å². The van der Waals surface area contributed by atoms with Gasteiger partial charge in [0.15, 0.2) is 5.82 Å². The summed E-state index contributed by atoms with van der Waals surface area (Å²) in [6.45, 7) is 3.23. The molecule has 2 aromatic carbocycles. The average Bonchev–Trinajstić information content (AvgIpc) is 3.44. The normalized spacial score (nSPS) is 23.8. The lowest BCUT2D eigenvalue weighted by atomic mass is 9.92. The number of nitrogens with zero attached hydrogens (tertiary/aromatic N) is 6. The molecule has 3 atom stereocenters. The minimum Gasteiger partial charge on any atom is -0.461 e. The van der Waals surface area contributed by atoms with Crippen LogP contribution in [0.1, 0.15) is 56.6 Å². The van der Waals surface area contributed by atoms with Crippen molar-refractivity contribution in [1.29, 1.82) is 5.26 Å². The van der Waals surface area contributed by atoms with E-state index in [-0.39, 0.29) is 87.9 Å². The average molecular weight is 730 g/mol. The summed E-state index contributed by atoms with van der Waals surface area (Å²) >= 11 is 0.682. The summed E-state index contributed by atoms with van der Waals surface area (Å²) in [6, 6.07) is 3.84. The van der Waals surface area contributed by atoms with Crippen LogP contribution in [0.2, 0.25) is 0 Å². The van der Waals surface area contributed by atoms with E-state index in [1.807, 2.05) is 11.0 Å². The molecule has 0 spiro atoms. The molecule has 3 aliphatic heterocycles. The molecule has 268 valence electrons. The van der Waals surface area contributed by atoms with Crippen LogP contribution in [0, 0.1) is 23.0 Å². The number of aromatic nitrogens is 2. The van der Waals surface area contributed by atoms with Gasteiger partial charge in [-0.3, -0.25) is 9.69 Å². The highest BCUT2D eigenvalue weighted by atomic mass is 32.1. The van der Waals surface area contributed by atoms with Crippen molar-refractivity contribution in [3.05, 3.63) is 41.0 Å². The molecule has 1 saturated carbocycles. The second-order valence-electron chi connectivity index (χ2n) is 13.9. The van der Waals surface area contributed by atoms with Crippen molar-refractivity contribution in [3.63, 3.8) is 0 Å². The van der Waals surface area contributed by atoms with Gasteiger partial charge in [-0.2, -0.15) is 28.4 Å². The van der Waals surface area contributed by atoms with E-state index >= 15 is 17.6 Å². The molecular weight excluding hydrogens is 696 g/mol. The summed E-state index contributed by atoms with van der Waals surface area (Å²) < 4.78 is 97.8. The van der Waals surface area contributed by atoms with Crippen molar-refractivity contribution in [2.75, 3.05) is 43.4 Å². The van der Waals surface area contributed by atoms with Gasteiger partial charge in [0.05, 0.1) is 27.4 Å². The van der Waals surface area contributed by atoms with E-state index in [0.29, 0.717) is 30.8 Å². The minimum atomic E-state index is -5.12. The summed E-state index contributed by atoms with van der Waals surface area (Å²) in [7, 11) is 0. The first kappa shape index (κ1) is 33.8. The van der Waals surface area contributed by atoms with Gasteiger partial charge in [-0.1, -0.05) is 6.07 Å². The maximum atomic E-state index is 17.2. The minimum absolute atomic E-state index is 0.0186. The van der Waals surface area contributed by atoms with E-state index < -0.39 is 52.2 Å². The lowest BCUT2D eigenvalue weighted by Crippen LogP contribution is -2.43. The van der Waals surface area contributed by atoms with Gasteiger partial charge in [0.2, 0.25) is 5.91 Å². The maximum absolute atomic E-state index is 17.2. The van der Waals surface area contributed by atoms with Crippen molar-refractivity contribution < 1.29 is 35.9 Å². The number of likely N-dealkylation sites (tertiary alicyclic amines) is 1. The Kier molecular flexibility index (Phi) is 8.02. The molecule has 9 nitrogen and oxygen atoms in total. The van der Waals surface area contributed by atoms with Gasteiger partial charge in [-0.25, -0.2) is 13.2 Å². The number of likely N-dealkylation sites (N-methyl/N-ethyl adjacent to an activating group) is 1. The number of alkyl halides is 4. The predicted molar refractivity (Wildman–Crippen MR) is 179 cm³/mol. The smallest absolute Gasteiger partial charge is 0.417 e. The number of nitriles is 1. The summed E-state index contributed by atoms with van der Waals surface area (Å²) in [6.07, 6.45) is -2.60. The number of carbonyl (C=O) groups is 1. The Balaban J connectivity index is 1.34. The Bertz CT molecular complexity index is 2130. The second-order valence-corrected chi connectivity index (χ2v) is 14.9. The Hall–Kier alpha value is -4.36. The van der Waals surface area contributed by atoms with E-state index in [1.165, 1.54) is 0 Å². The molecule has 2 aromatic heterocycles. The maximum Gasteiger partial charge on any atom is 0.417 e. The number of nitrogens with two attached hydrogens (primary N) is 1. The first-order valence-corrected chi connectivity index (χ1v) is 17.8. The van der Waals surface area contributed by atoms with E-state index in [4.69, 9.17) is 10.5 Å². The number of rotatable bonds is 8. The zero-order valence-corrected chi connectivity index (χ0v) is 28.3. The van der Waals surface area contributed by atoms with Crippen LogP contribution in [0.3, 0.4) is 0 Å². The lowest BCUT2D eigenvalue weighted by molar-refractivity contribution is -0.137. The zero-order valence-electron chi connectivity index (χ0n) is 27.5. The fourth-order valence-electron chi connectivity index (χ4n) is 8.36. The van der Waals surface area contributed by atoms with E-state index in [2.05, 4.69) is 9.97 Å². The third kappa shape index (κ3) is 5.51. The van der Waals surface area contributed by atoms with Crippen LogP contribution >= 0.6 is 11.3 Å². The summed E-state index contributed by atoms with van der Waals surface area (Å²) in [5.74, 6) is -2.32. The number of anilines is 2. The van der Waals surface area contributed by atoms with Gasteiger partial charge >= 0.3 is 12.2 Å². The van der Waals surface area contributed by atoms with E-state index in [1.54, 1.807) is 16.7 Å². The Morgan fingerprint density at radius 3 is 2.71 bits per heavy atom. The monoisotopic (exact) mass is 729 g/mol. The number of hydrogen-bond acceptors (Lipinski definition) is 9. The molecule has 51 heavy (non-hydrogen) atoms. The van der Waals surface area contributed by atoms with Gasteiger partial charge in [-0.15, -0.1) is 11.3 Å². The number of hydrogen-bond donors (Lipinski definition) is 1. The fourth-order valence-corrected chi connectivity index (χ4v) is 9.31. The molecule has 4 fully saturated rings. The molecular formula is C35H33F6N7O2S. The highest BCUT2D eigenvalue weighted by Gasteiger charge is 2.50. The molecule has 0 radical (unpaired) electrons. The molecule has 8 rings (SSSR count). The van der Waals surface area contributed by atoms with Crippen LogP contribution in [0.5, 0.6) is 6.01 Å². The highest BCUT2D eigenvalue weighted by molar-refractivity contribution is 7.23. The SMILES string of the molecule is CCN(c1nc(OC[C@@]23CCCN2C[C@H](F)C3)nc2c(F)c(-c3ccc(F)c4sc(N)c(C#N)c34)c(C(F)(F)F)cc12)[C@H]1CC(=O)N(C2CC2)C1. The molecule has 2 N–H and O–H groups in total. The third-order valence-electron chi connectivity index (χ3n) is 10.8. The molecule has 1 aliphatic carbocycles. The molecule has 3 saturated heterocycles. The van der Waals surface area contributed by atoms with Crippen LogP contribution in [0.15, 0.2) is 18.2 Å². The number of ether oxygens (including phenoxy) is 1. The lowest BCUT2D eigenvalue weighted by Gasteiger charge is -2.32. The fraction of sp³-hybridized carbons (Fsp3) is 0.486. The Morgan fingerprint density at radius 1 is 1.22 bits per heavy atom. The van der Waals surface area contributed by atoms with Crippen molar-refractivity contribution in [2.24, 2.45) is 0 Å². The van der Waals surface area contributed by atoms with Crippen molar-refractivity contribution >= 4 is 49.1 Å². The molecule has 4 aromatic rings. The number of halogens is 6. The molecule has 1 amide bonds. The van der Waals surface area contributed by atoms with Gasteiger partial charge in [0.25, 0.3) is 0 Å². The first-order chi connectivity index (χ1) is 24.3. The topological polar surface area (TPSA) is 112 Å². The number of thiophene rings is 1. The van der Waals surface area contributed by atoms with Crippen molar-refractivity contribution in [3.8, 4) is 23.2 Å². The first-order valence-electron chi connectivity index (χ1n) is 16.9. The standard InChI is InChI=1S/C35H33F6N7O2S/c1-2-47(19-10-25(49)48(15-19)18-4-5-18)32-21-11-23(35(39,40)41)27(20-6-7-24(37)30-26(20)22(13-42)31(43)51-30)28(38)29(21)44-33(45-32)50-16-34-8-3-9-46(34)14-17(36)12-34/h6-7,11,17-19H,2-5,8-10,12,14-16,43H2,1H3/t17-,19+,34+/m1/s1. The van der Waals surface area contributed by atoms with Gasteiger partial charge in [0.1, 0.15) is 41.0 Å². The summed E-state index contributed by atoms with van der Waals surface area (Å²) in [5, 5.41) is 9.23. The number of benzene rings is 2. The largest absolute Gasteiger partial charge is 0.461 e. The van der Waals surface area contributed by atoms with Gasteiger partial charge in [-0.05, 0) is 56.8 Å². The van der Waals surface area contributed by atoms with Gasteiger partial charge in [0, 0.05) is 54.9 Å². The molecule has 16 heteroatoms. The van der Waals surface area contributed by atoms with Crippen LogP contribution < -0.4 is 15.4 Å². The highest BCUT2D eigenvalue weighted by Crippen LogP contribution is 2.49. The number of nitrogen functional groups attached to an aromatic ring is 1. The number of amides is 1. The van der Waals surface area contributed by atoms with E-state index in [9.17, 15) is 18.8 Å². The molecule has 4 aliphatic rings. The van der Waals surface area contributed by atoms with Crippen LogP contribution in [0.25, 0.3) is 32.1 Å². The van der Waals surface area contributed by atoms with Crippen LogP contribution in [-0.4, -0.2) is 82.3 Å². The zero-order chi connectivity index (χ0) is 36.0. The van der Waals surface area contributed by atoms with Crippen molar-refractivity contribution in [1.82, 2.24) is 19.8 Å². The molecule has 0 unspecified atom stereocenters.